The van der Waals surface area contributed by atoms with Gasteiger partial charge < -0.3 is 9.64 Å². The predicted molar refractivity (Wildman–Crippen MR) is 91.3 cm³/mol. The van der Waals surface area contributed by atoms with Crippen LogP contribution in [0.1, 0.15) is 24.0 Å². The van der Waals surface area contributed by atoms with Gasteiger partial charge in [0.05, 0.1) is 12.0 Å². The van der Waals surface area contributed by atoms with Crippen molar-refractivity contribution in [1.82, 2.24) is 4.90 Å². The Morgan fingerprint density at radius 2 is 1.71 bits per heavy atom. The van der Waals surface area contributed by atoms with E-state index < -0.39 is 11.6 Å². The molecule has 0 saturated heterocycles. The molecule has 0 aliphatic heterocycles. The smallest absolute Gasteiger partial charge is 0.133 e. The predicted octanol–water partition coefficient (Wildman–Crippen LogP) is 5.13. The second kappa shape index (κ2) is 6.59. The van der Waals surface area contributed by atoms with Crippen molar-refractivity contribution in [3.05, 3.63) is 53.1 Å². The first-order valence-electron chi connectivity index (χ1n) is 7.93. The van der Waals surface area contributed by atoms with Gasteiger partial charge >= 0.3 is 0 Å². The van der Waals surface area contributed by atoms with Crippen LogP contribution in [-0.4, -0.2) is 24.3 Å². The molecule has 3 rings (SSSR count). The van der Waals surface area contributed by atoms with Gasteiger partial charge in [-0.3, -0.25) is 0 Å². The Morgan fingerprint density at radius 1 is 1.04 bits per heavy atom. The zero-order valence-electron chi connectivity index (χ0n) is 14.0. The molecule has 0 aromatic heterocycles. The number of aryl methyl sites for hydroxylation is 2. The minimum Gasteiger partial charge on any atom is -0.457 e. The molecule has 1 aliphatic rings. The van der Waals surface area contributed by atoms with Crippen LogP contribution >= 0.6 is 0 Å². The number of benzene rings is 2. The van der Waals surface area contributed by atoms with Crippen LogP contribution in [0, 0.1) is 25.5 Å². The Hall–Kier alpha value is -2.43. The first kappa shape index (κ1) is 16.4. The Bertz CT molecular complexity index is 765. The zero-order chi connectivity index (χ0) is 17.3. The Morgan fingerprint density at radius 3 is 2.33 bits per heavy atom. The Labute approximate surface area is 140 Å². The summed E-state index contributed by atoms with van der Waals surface area (Å²) in [6.45, 7) is 3.82. The van der Waals surface area contributed by atoms with Gasteiger partial charge in [-0.25, -0.2) is 13.8 Å². The summed E-state index contributed by atoms with van der Waals surface area (Å²) >= 11 is 0. The van der Waals surface area contributed by atoms with Crippen molar-refractivity contribution >= 4 is 12.0 Å². The number of hydrogen-bond donors (Lipinski definition) is 0. The molecule has 0 spiro atoms. The number of aliphatic imine (C=N–C) groups is 1. The van der Waals surface area contributed by atoms with Gasteiger partial charge in [0, 0.05) is 31.3 Å². The van der Waals surface area contributed by atoms with Crippen LogP contribution in [0.25, 0.3) is 0 Å². The number of rotatable bonds is 5. The molecule has 0 radical (unpaired) electrons. The first-order valence-corrected chi connectivity index (χ1v) is 7.93. The summed E-state index contributed by atoms with van der Waals surface area (Å²) in [6.07, 6.45) is 4.29. The van der Waals surface area contributed by atoms with Crippen molar-refractivity contribution in [2.45, 2.75) is 32.7 Å². The average Bonchev–Trinajstić information content (AvgIpc) is 3.32. The molecule has 5 heteroatoms. The third-order valence-electron chi connectivity index (χ3n) is 4.06. The molecular weight excluding hydrogens is 310 g/mol. The molecular formula is C19H20F2N2O. The summed E-state index contributed by atoms with van der Waals surface area (Å²) < 4.78 is 32.2. The topological polar surface area (TPSA) is 24.8 Å². The highest BCUT2D eigenvalue weighted by molar-refractivity contribution is 5.65. The maximum absolute atomic E-state index is 13.3. The number of halogens is 2. The number of nitrogens with zero attached hydrogens (tertiary/aromatic N) is 2. The summed E-state index contributed by atoms with van der Waals surface area (Å²) in [5.74, 6) is -0.626. The third-order valence-corrected chi connectivity index (χ3v) is 4.06. The first-order chi connectivity index (χ1) is 11.4. The van der Waals surface area contributed by atoms with Crippen molar-refractivity contribution in [3.8, 4) is 11.5 Å². The van der Waals surface area contributed by atoms with E-state index >= 15 is 0 Å². The highest BCUT2D eigenvalue weighted by Crippen LogP contribution is 2.32. The van der Waals surface area contributed by atoms with Crippen molar-refractivity contribution in [2.24, 2.45) is 4.99 Å². The molecule has 0 amide bonds. The quantitative estimate of drug-likeness (QED) is 0.561. The van der Waals surface area contributed by atoms with Crippen LogP contribution in [-0.2, 0) is 0 Å². The van der Waals surface area contributed by atoms with Crippen molar-refractivity contribution < 1.29 is 13.5 Å². The second-order valence-corrected chi connectivity index (χ2v) is 6.25. The number of ether oxygens (including phenoxy) is 1. The fraction of sp³-hybridized carbons (Fsp3) is 0.316. The zero-order valence-corrected chi connectivity index (χ0v) is 14.0. The largest absolute Gasteiger partial charge is 0.457 e. The van der Waals surface area contributed by atoms with Gasteiger partial charge in [-0.1, -0.05) is 0 Å². The van der Waals surface area contributed by atoms with Gasteiger partial charge in [0.15, 0.2) is 0 Å². The van der Waals surface area contributed by atoms with Crippen LogP contribution in [0.4, 0.5) is 14.5 Å². The van der Waals surface area contributed by atoms with Gasteiger partial charge in [0.1, 0.15) is 23.1 Å². The van der Waals surface area contributed by atoms with Crippen molar-refractivity contribution in [3.63, 3.8) is 0 Å². The van der Waals surface area contributed by atoms with Gasteiger partial charge in [-0.05, 0) is 49.9 Å². The molecule has 0 heterocycles. The van der Waals surface area contributed by atoms with E-state index in [0.717, 1.165) is 35.0 Å². The molecule has 1 aliphatic carbocycles. The van der Waals surface area contributed by atoms with Gasteiger partial charge in [0.25, 0.3) is 0 Å². The van der Waals surface area contributed by atoms with E-state index in [9.17, 15) is 8.78 Å². The summed E-state index contributed by atoms with van der Waals surface area (Å²) in [6, 6.07) is 7.50. The minimum atomic E-state index is -0.663. The molecule has 126 valence electrons. The number of hydrogen-bond acceptors (Lipinski definition) is 2. The van der Waals surface area contributed by atoms with Crippen LogP contribution in [0.3, 0.4) is 0 Å². The lowest BCUT2D eigenvalue weighted by molar-refractivity contribution is 0.465. The maximum Gasteiger partial charge on any atom is 0.133 e. The van der Waals surface area contributed by atoms with E-state index in [-0.39, 0.29) is 5.75 Å². The molecule has 2 aromatic rings. The van der Waals surface area contributed by atoms with E-state index in [1.165, 1.54) is 12.8 Å². The molecule has 2 aromatic carbocycles. The minimum absolute atomic E-state index is 0.139. The van der Waals surface area contributed by atoms with Crippen LogP contribution in [0.2, 0.25) is 0 Å². The van der Waals surface area contributed by atoms with Gasteiger partial charge in [-0.2, -0.15) is 0 Å². The van der Waals surface area contributed by atoms with Crippen LogP contribution in [0.15, 0.2) is 35.3 Å². The van der Waals surface area contributed by atoms with Gasteiger partial charge in [0.2, 0.25) is 0 Å². The molecule has 0 bridgehead atoms. The average molecular weight is 330 g/mol. The molecule has 1 fully saturated rings. The second-order valence-electron chi connectivity index (χ2n) is 6.25. The molecule has 0 atom stereocenters. The fourth-order valence-corrected chi connectivity index (χ4v) is 2.47. The highest BCUT2D eigenvalue weighted by Gasteiger charge is 2.24. The van der Waals surface area contributed by atoms with E-state index in [2.05, 4.69) is 9.89 Å². The van der Waals surface area contributed by atoms with E-state index in [0.29, 0.717) is 11.8 Å². The summed E-state index contributed by atoms with van der Waals surface area (Å²) in [5.41, 5.74) is 2.65. The fourth-order valence-electron chi connectivity index (χ4n) is 2.47. The van der Waals surface area contributed by atoms with Crippen molar-refractivity contribution in [2.75, 3.05) is 7.05 Å². The Kier molecular flexibility index (Phi) is 4.51. The molecule has 24 heavy (non-hydrogen) atoms. The monoisotopic (exact) mass is 330 g/mol. The summed E-state index contributed by atoms with van der Waals surface area (Å²) in [4.78, 5) is 6.65. The lowest BCUT2D eigenvalue weighted by Gasteiger charge is -2.13. The normalized spacial score (nSPS) is 14.2. The summed E-state index contributed by atoms with van der Waals surface area (Å²) in [7, 11) is 2.03. The van der Waals surface area contributed by atoms with Crippen LogP contribution < -0.4 is 4.74 Å². The molecule has 0 N–H and O–H groups in total. The summed E-state index contributed by atoms with van der Waals surface area (Å²) in [5, 5.41) is 0. The van der Waals surface area contributed by atoms with E-state index in [1.54, 1.807) is 0 Å². The van der Waals surface area contributed by atoms with Crippen LogP contribution in [0.5, 0.6) is 11.5 Å². The van der Waals surface area contributed by atoms with E-state index in [4.69, 9.17) is 4.74 Å². The molecule has 1 saturated carbocycles. The lowest BCUT2D eigenvalue weighted by atomic mass is 10.1. The Balaban J connectivity index is 1.81. The third kappa shape index (κ3) is 3.91. The lowest BCUT2D eigenvalue weighted by Crippen LogP contribution is -2.17. The SMILES string of the molecule is Cc1cc(Oc2cc(F)cc(F)c2)c(C)cc1N=CN(C)C1CC1. The standard InChI is InChI=1S/C19H20F2N2O/c1-12-7-19(24-17-9-14(20)8-15(21)10-17)13(2)6-18(12)22-11-23(3)16-4-5-16/h6-11,16H,4-5H2,1-3H3. The van der Waals surface area contributed by atoms with Crippen molar-refractivity contribution in [1.29, 1.82) is 0 Å². The molecule has 3 nitrogen and oxygen atoms in total. The maximum atomic E-state index is 13.3. The van der Waals surface area contributed by atoms with E-state index in [1.807, 2.05) is 39.4 Å². The van der Waals surface area contributed by atoms with Gasteiger partial charge in [-0.15, -0.1) is 0 Å². The molecule has 0 unspecified atom stereocenters. The highest BCUT2D eigenvalue weighted by atomic mass is 19.1.